The molecule has 0 saturated carbocycles. The lowest BCUT2D eigenvalue weighted by molar-refractivity contribution is -0.319. The first-order valence-electron chi connectivity index (χ1n) is 14.2. The van der Waals surface area contributed by atoms with Gasteiger partial charge in [-0.1, -0.05) is 30.7 Å². The zero-order valence-corrected chi connectivity index (χ0v) is 23.3. The summed E-state index contributed by atoms with van der Waals surface area (Å²) in [7, 11) is 0. The van der Waals surface area contributed by atoms with Gasteiger partial charge in [0.15, 0.2) is 12.6 Å². The molecule has 9 atom stereocenters. The fourth-order valence-electron chi connectivity index (χ4n) is 5.12. The molecule has 0 spiro atoms. The van der Waals surface area contributed by atoms with Crippen LogP contribution in [0.2, 0.25) is 0 Å². The summed E-state index contributed by atoms with van der Waals surface area (Å²) in [6.07, 6.45) is -6.13. The van der Waals surface area contributed by atoms with Gasteiger partial charge in [0, 0.05) is 0 Å². The molecule has 0 aromatic heterocycles. The Kier molecular flexibility index (Phi) is 11.5. The molecule has 42 heavy (non-hydrogen) atoms. The van der Waals surface area contributed by atoms with E-state index in [1.54, 1.807) is 24.3 Å². The fourth-order valence-corrected chi connectivity index (χ4v) is 5.12. The molecule has 0 unspecified atom stereocenters. The number of rotatable bonds is 14. The molecule has 2 fully saturated rings. The van der Waals surface area contributed by atoms with Crippen molar-refractivity contribution >= 4 is 0 Å². The van der Waals surface area contributed by atoms with E-state index in [2.05, 4.69) is 0 Å². The van der Waals surface area contributed by atoms with Crippen LogP contribution in [0.1, 0.15) is 36.8 Å². The number of benzene rings is 2. The molecule has 0 amide bonds. The van der Waals surface area contributed by atoms with Gasteiger partial charge in [0.2, 0.25) is 0 Å². The summed E-state index contributed by atoms with van der Waals surface area (Å²) in [6.45, 7) is -1.46. The maximum atomic E-state index is 10.7. The highest BCUT2D eigenvalue weighted by atomic mass is 16.7. The summed E-state index contributed by atoms with van der Waals surface area (Å²) < 4.78 is 22.7. The minimum atomic E-state index is -1.88. The van der Waals surface area contributed by atoms with Crippen molar-refractivity contribution in [2.24, 2.45) is 0 Å². The third kappa shape index (κ3) is 8.38. The van der Waals surface area contributed by atoms with Crippen LogP contribution >= 0.6 is 0 Å². The van der Waals surface area contributed by atoms with Gasteiger partial charge in [0.25, 0.3) is 0 Å². The predicted octanol–water partition coefficient (Wildman–Crippen LogP) is 0.0934. The number of ether oxygens (including phenoxy) is 4. The average molecular weight is 595 g/mol. The number of aliphatic hydroxyl groups excluding tert-OH is 5. The molecule has 2 aliphatic rings. The summed E-state index contributed by atoms with van der Waals surface area (Å²) in [5.74, 6) is 0.374. The molecule has 0 aliphatic carbocycles. The maximum absolute atomic E-state index is 10.7. The van der Waals surface area contributed by atoms with Gasteiger partial charge in [0.1, 0.15) is 47.6 Å². The number of hydrogen-bond donors (Lipinski definition) is 8. The first-order valence-corrected chi connectivity index (χ1v) is 14.2. The summed E-state index contributed by atoms with van der Waals surface area (Å²) in [5.41, 5.74) is 0.190. The summed E-state index contributed by atoms with van der Waals surface area (Å²) in [4.78, 5) is 0. The van der Waals surface area contributed by atoms with Gasteiger partial charge in [-0.05, 0) is 67.5 Å². The highest BCUT2D eigenvalue weighted by Crippen LogP contribution is 2.29. The highest BCUT2D eigenvalue weighted by Gasteiger charge is 2.50. The zero-order chi connectivity index (χ0) is 30.3. The van der Waals surface area contributed by atoms with E-state index in [0.29, 0.717) is 19.3 Å². The van der Waals surface area contributed by atoms with Crippen LogP contribution in [0.4, 0.5) is 0 Å². The second-order valence-electron chi connectivity index (χ2n) is 11.1. The lowest BCUT2D eigenvalue weighted by Gasteiger charge is -2.41. The van der Waals surface area contributed by atoms with Crippen LogP contribution in [0.3, 0.4) is 0 Å². The van der Waals surface area contributed by atoms with Crippen molar-refractivity contribution in [2.75, 3.05) is 19.8 Å². The van der Waals surface area contributed by atoms with E-state index in [1.807, 2.05) is 24.3 Å². The molecule has 0 bridgehead atoms. The molecule has 2 heterocycles. The molecule has 8 N–H and O–H groups in total. The van der Waals surface area contributed by atoms with Crippen LogP contribution in [-0.2, 0) is 31.8 Å². The van der Waals surface area contributed by atoms with E-state index < -0.39 is 55.3 Å². The van der Waals surface area contributed by atoms with E-state index >= 15 is 0 Å². The third-order valence-electron chi connectivity index (χ3n) is 7.87. The lowest BCUT2D eigenvalue weighted by Crippen LogP contribution is -2.60. The number of hydrogen-bond acceptors (Lipinski definition) is 12. The molecule has 2 saturated heterocycles. The van der Waals surface area contributed by atoms with E-state index in [-0.39, 0.29) is 30.8 Å². The van der Waals surface area contributed by atoms with E-state index in [1.165, 1.54) is 0 Å². The van der Waals surface area contributed by atoms with Gasteiger partial charge < -0.3 is 59.8 Å². The number of phenols is 2. The van der Waals surface area contributed by atoms with Crippen molar-refractivity contribution in [3.63, 3.8) is 0 Å². The average Bonchev–Trinajstić information content (AvgIpc) is 3.28. The Morgan fingerprint density at radius 1 is 0.786 bits per heavy atom. The smallest absolute Gasteiger partial charge is 0.186 e. The van der Waals surface area contributed by atoms with Gasteiger partial charge in [0.05, 0.1) is 25.9 Å². The predicted molar refractivity (Wildman–Crippen MR) is 147 cm³/mol. The first kappa shape index (κ1) is 32.6. The highest BCUT2D eigenvalue weighted by molar-refractivity contribution is 5.26. The normalized spacial score (nSPS) is 32.2. The van der Waals surface area contributed by atoms with E-state index in [9.17, 15) is 40.9 Å². The van der Waals surface area contributed by atoms with Crippen LogP contribution in [0, 0.1) is 0 Å². The van der Waals surface area contributed by atoms with Gasteiger partial charge >= 0.3 is 0 Å². The SMILES string of the molecule is OC[C@]1(O)CO[C@@H](OC[C@H]2O[C@@H](O[C@H](CCCCc3ccc(O)cc3)CCc3ccc(O)cc3)[C@H](O)[C@@H](O)[C@@H]2O)[C@H]1O. The quantitative estimate of drug-likeness (QED) is 0.137. The molecule has 4 rings (SSSR count). The number of aryl methyl sites for hydroxylation is 2. The number of unbranched alkanes of at least 4 members (excludes halogenated alkanes) is 1. The van der Waals surface area contributed by atoms with Crippen molar-refractivity contribution < 1.29 is 59.8 Å². The van der Waals surface area contributed by atoms with Crippen LogP contribution < -0.4 is 0 Å². The molecule has 0 radical (unpaired) electrons. The summed E-state index contributed by atoms with van der Waals surface area (Å²) in [5, 5.41) is 80.5. The van der Waals surface area contributed by atoms with Crippen molar-refractivity contribution in [2.45, 2.75) is 93.3 Å². The zero-order valence-electron chi connectivity index (χ0n) is 23.3. The lowest BCUT2D eigenvalue weighted by atomic mass is 9.98. The molecule has 12 heteroatoms. The van der Waals surface area contributed by atoms with Crippen LogP contribution in [0.15, 0.2) is 48.5 Å². The Labute approximate surface area is 244 Å². The number of aromatic hydroxyl groups is 2. The second-order valence-corrected chi connectivity index (χ2v) is 11.1. The van der Waals surface area contributed by atoms with E-state index in [0.717, 1.165) is 30.4 Å². The number of phenolic OH excluding ortho intramolecular Hbond substituents is 2. The molecular formula is C30H42O12. The minimum absolute atomic E-state index is 0.164. The van der Waals surface area contributed by atoms with Crippen LogP contribution in [-0.4, -0.2) is 115 Å². The Bertz CT molecular complexity index is 1080. The molecule has 2 aliphatic heterocycles. The molecular weight excluding hydrogens is 552 g/mol. The van der Waals surface area contributed by atoms with Crippen molar-refractivity contribution in [3.05, 3.63) is 59.7 Å². The summed E-state index contributed by atoms with van der Waals surface area (Å²) >= 11 is 0. The molecule has 2 aromatic rings. The maximum Gasteiger partial charge on any atom is 0.186 e. The topological polar surface area (TPSA) is 199 Å². The summed E-state index contributed by atoms with van der Waals surface area (Å²) in [6, 6.07) is 13.9. The van der Waals surface area contributed by atoms with Gasteiger partial charge in [-0.3, -0.25) is 0 Å². The van der Waals surface area contributed by atoms with E-state index in [4.69, 9.17) is 18.9 Å². The molecule has 2 aromatic carbocycles. The van der Waals surface area contributed by atoms with Gasteiger partial charge in [-0.25, -0.2) is 0 Å². The molecule has 234 valence electrons. The largest absolute Gasteiger partial charge is 0.508 e. The Balaban J connectivity index is 1.36. The number of aliphatic hydroxyl groups is 6. The minimum Gasteiger partial charge on any atom is -0.508 e. The van der Waals surface area contributed by atoms with Gasteiger partial charge in [-0.2, -0.15) is 0 Å². The Morgan fingerprint density at radius 3 is 2.00 bits per heavy atom. The first-order chi connectivity index (χ1) is 20.1. The Hall–Kier alpha value is -2.36. The van der Waals surface area contributed by atoms with Crippen LogP contribution in [0.25, 0.3) is 0 Å². The van der Waals surface area contributed by atoms with Crippen molar-refractivity contribution in [1.82, 2.24) is 0 Å². The monoisotopic (exact) mass is 594 g/mol. The molecule has 12 nitrogen and oxygen atoms in total. The third-order valence-corrected chi connectivity index (χ3v) is 7.87. The van der Waals surface area contributed by atoms with Crippen LogP contribution in [0.5, 0.6) is 11.5 Å². The standard InChI is InChI=1S/C30H42O12/c31-16-30(38)17-40-29(27(30)37)39-15-23-24(34)25(35)26(36)28(42-23)41-22(14-9-19-7-12-21(33)13-8-19)4-2-1-3-18-5-10-20(32)11-6-18/h5-8,10-13,22-29,31-38H,1-4,9,14-17H2/t22-,23-,24-,25+,26-,27-,28-,29-,30+/m1/s1. The Morgan fingerprint density at radius 2 is 1.40 bits per heavy atom. The van der Waals surface area contributed by atoms with Gasteiger partial charge in [-0.15, -0.1) is 0 Å². The fraction of sp³-hybridized carbons (Fsp3) is 0.600. The van der Waals surface area contributed by atoms with Crippen molar-refractivity contribution in [3.8, 4) is 11.5 Å². The second kappa shape index (κ2) is 14.9. The van der Waals surface area contributed by atoms with Crippen molar-refractivity contribution in [1.29, 1.82) is 0 Å².